The second kappa shape index (κ2) is 8.75. The molecule has 0 spiro atoms. The highest BCUT2D eigenvalue weighted by molar-refractivity contribution is 7.98. The van der Waals surface area contributed by atoms with Crippen molar-refractivity contribution in [2.45, 2.75) is 23.8 Å². The van der Waals surface area contributed by atoms with Crippen molar-refractivity contribution >= 4 is 29.6 Å². The number of imide groups is 1. The molecule has 3 rings (SSSR count). The van der Waals surface area contributed by atoms with Crippen LogP contribution in [0.15, 0.2) is 29.2 Å². The van der Waals surface area contributed by atoms with E-state index in [9.17, 15) is 14.4 Å². The van der Waals surface area contributed by atoms with Crippen molar-refractivity contribution in [3.8, 4) is 0 Å². The van der Waals surface area contributed by atoms with Gasteiger partial charge in [0.2, 0.25) is 5.91 Å². The molecule has 2 heterocycles. The zero-order valence-corrected chi connectivity index (χ0v) is 16.5. The minimum Gasteiger partial charge on any atom is -0.383 e. The van der Waals surface area contributed by atoms with Crippen LogP contribution in [-0.4, -0.2) is 84.7 Å². The lowest BCUT2D eigenvalue weighted by molar-refractivity contribution is -0.125. The second-order valence-corrected chi connectivity index (χ2v) is 7.58. The molecule has 0 aromatic heterocycles. The van der Waals surface area contributed by atoms with Crippen molar-refractivity contribution in [2.75, 3.05) is 46.2 Å². The molecule has 2 aliphatic heterocycles. The summed E-state index contributed by atoms with van der Waals surface area (Å²) >= 11 is 1.64. The van der Waals surface area contributed by atoms with E-state index in [0.29, 0.717) is 38.1 Å². The van der Waals surface area contributed by atoms with Crippen LogP contribution in [0, 0.1) is 0 Å². The van der Waals surface area contributed by atoms with Crippen molar-refractivity contribution in [2.24, 2.45) is 0 Å². The standard InChI is InChI=1S/C19H25N3O4S/c1-26-12-11-21-17(23)13-22(19(21)25)15-7-9-20(10-8-15)18(24)14-3-5-16(27-2)6-4-14/h3-6,15H,7-13H2,1-2H3. The predicted molar refractivity (Wildman–Crippen MR) is 103 cm³/mol. The summed E-state index contributed by atoms with van der Waals surface area (Å²) in [4.78, 5) is 43.1. The quantitative estimate of drug-likeness (QED) is 0.547. The fourth-order valence-electron chi connectivity index (χ4n) is 3.55. The molecule has 7 nitrogen and oxygen atoms in total. The number of methoxy groups -OCH3 is 1. The summed E-state index contributed by atoms with van der Waals surface area (Å²) in [6.45, 7) is 1.92. The zero-order valence-electron chi connectivity index (χ0n) is 15.7. The van der Waals surface area contributed by atoms with Gasteiger partial charge < -0.3 is 14.5 Å². The van der Waals surface area contributed by atoms with Gasteiger partial charge in [-0.05, 0) is 43.4 Å². The minimum absolute atomic E-state index is 0.00286. The highest BCUT2D eigenvalue weighted by Gasteiger charge is 2.40. The first-order valence-electron chi connectivity index (χ1n) is 9.08. The number of benzene rings is 1. The maximum atomic E-state index is 12.7. The Hall–Kier alpha value is -2.06. The Morgan fingerprint density at radius 2 is 1.85 bits per heavy atom. The van der Waals surface area contributed by atoms with E-state index in [1.165, 1.54) is 4.90 Å². The van der Waals surface area contributed by atoms with Crippen LogP contribution in [0.5, 0.6) is 0 Å². The predicted octanol–water partition coefficient (Wildman–Crippen LogP) is 1.92. The monoisotopic (exact) mass is 391 g/mol. The average molecular weight is 391 g/mol. The Bertz CT molecular complexity index is 701. The molecule has 0 N–H and O–H groups in total. The molecule has 1 aromatic carbocycles. The van der Waals surface area contributed by atoms with Gasteiger partial charge in [-0.2, -0.15) is 0 Å². The van der Waals surface area contributed by atoms with Crippen LogP contribution >= 0.6 is 11.8 Å². The van der Waals surface area contributed by atoms with Gasteiger partial charge >= 0.3 is 6.03 Å². The molecule has 0 atom stereocenters. The molecule has 8 heteroatoms. The van der Waals surface area contributed by atoms with Crippen molar-refractivity contribution in [1.29, 1.82) is 0 Å². The van der Waals surface area contributed by atoms with Gasteiger partial charge in [-0.25, -0.2) is 4.79 Å². The van der Waals surface area contributed by atoms with Gasteiger partial charge in [-0.3, -0.25) is 14.5 Å². The normalized spacial score (nSPS) is 18.5. The van der Waals surface area contributed by atoms with Gasteiger partial charge in [-0.1, -0.05) is 0 Å². The van der Waals surface area contributed by atoms with E-state index in [0.717, 1.165) is 4.90 Å². The number of thioether (sulfide) groups is 1. The smallest absolute Gasteiger partial charge is 0.327 e. The van der Waals surface area contributed by atoms with Crippen LogP contribution < -0.4 is 0 Å². The molecule has 2 fully saturated rings. The third kappa shape index (κ3) is 4.27. The number of nitrogens with zero attached hydrogens (tertiary/aromatic N) is 3. The van der Waals surface area contributed by atoms with Crippen LogP contribution in [0.2, 0.25) is 0 Å². The number of carbonyl (C=O) groups excluding carboxylic acids is 3. The molecule has 2 aliphatic rings. The van der Waals surface area contributed by atoms with Crippen LogP contribution in [-0.2, 0) is 9.53 Å². The average Bonchev–Trinajstić information content (AvgIpc) is 2.99. The molecule has 0 aliphatic carbocycles. The van der Waals surface area contributed by atoms with Crippen molar-refractivity contribution in [3.63, 3.8) is 0 Å². The van der Waals surface area contributed by atoms with Gasteiger partial charge in [0.25, 0.3) is 5.91 Å². The Morgan fingerprint density at radius 1 is 1.19 bits per heavy atom. The highest BCUT2D eigenvalue weighted by Crippen LogP contribution is 2.23. The SMILES string of the molecule is COCCN1C(=O)CN(C2CCN(C(=O)c3ccc(SC)cc3)CC2)C1=O. The van der Waals surface area contributed by atoms with Crippen molar-refractivity contribution in [3.05, 3.63) is 29.8 Å². The zero-order chi connectivity index (χ0) is 19.4. The van der Waals surface area contributed by atoms with Crippen LogP contribution in [0.25, 0.3) is 0 Å². The highest BCUT2D eigenvalue weighted by atomic mass is 32.2. The van der Waals surface area contributed by atoms with E-state index in [-0.39, 0.29) is 37.0 Å². The van der Waals surface area contributed by atoms with E-state index in [2.05, 4.69) is 0 Å². The van der Waals surface area contributed by atoms with E-state index in [1.807, 2.05) is 35.4 Å². The van der Waals surface area contributed by atoms with Gasteiger partial charge in [0.1, 0.15) is 6.54 Å². The number of urea groups is 1. The number of hydrogen-bond donors (Lipinski definition) is 0. The number of piperidine rings is 1. The van der Waals surface area contributed by atoms with Gasteiger partial charge in [0.15, 0.2) is 0 Å². The lowest BCUT2D eigenvalue weighted by Crippen LogP contribution is -2.48. The van der Waals surface area contributed by atoms with Crippen molar-refractivity contribution < 1.29 is 19.1 Å². The van der Waals surface area contributed by atoms with Crippen LogP contribution in [0.4, 0.5) is 4.79 Å². The summed E-state index contributed by atoms with van der Waals surface area (Å²) in [6, 6.07) is 7.38. The summed E-state index contributed by atoms with van der Waals surface area (Å²) in [5, 5.41) is 0. The first-order valence-corrected chi connectivity index (χ1v) is 10.3. The number of amides is 4. The Labute approximate surface area is 163 Å². The van der Waals surface area contributed by atoms with Crippen LogP contribution in [0.3, 0.4) is 0 Å². The van der Waals surface area contributed by atoms with Crippen LogP contribution in [0.1, 0.15) is 23.2 Å². The van der Waals surface area contributed by atoms with Gasteiger partial charge in [0.05, 0.1) is 13.2 Å². The molecule has 27 heavy (non-hydrogen) atoms. The largest absolute Gasteiger partial charge is 0.383 e. The minimum atomic E-state index is -0.241. The molecular weight excluding hydrogens is 366 g/mol. The van der Waals surface area contributed by atoms with E-state index < -0.39 is 0 Å². The molecule has 1 aromatic rings. The lowest BCUT2D eigenvalue weighted by atomic mass is 10.0. The molecule has 0 radical (unpaired) electrons. The molecular formula is C19H25N3O4S. The lowest BCUT2D eigenvalue weighted by Gasteiger charge is -2.36. The number of likely N-dealkylation sites (tertiary alicyclic amines) is 1. The summed E-state index contributed by atoms with van der Waals surface area (Å²) in [6.07, 6.45) is 3.37. The molecule has 146 valence electrons. The Balaban J connectivity index is 1.56. The van der Waals surface area contributed by atoms with E-state index in [4.69, 9.17) is 4.74 Å². The van der Waals surface area contributed by atoms with E-state index >= 15 is 0 Å². The first kappa shape index (κ1) is 19.7. The Kier molecular flexibility index (Phi) is 6.38. The first-order chi connectivity index (χ1) is 13.0. The molecule has 0 unspecified atom stereocenters. The summed E-state index contributed by atoms with van der Waals surface area (Å²) < 4.78 is 4.97. The summed E-state index contributed by atoms with van der Waals surface area (Å²) in [5.41, 5.74) is 0.685. The summed E-state index contributed by atoms with van der Waals surface area (Å²) in [7, 11) is 1.55. The van der Waals surface area contributed by atoms with Crippen molar-refractivity contribution in [1.82, 2.24) is 14.7 Å². The topological polar surface area (TPSA) is 70.2 Å². The maximum Gasteiger partial charge on any atom is 0.327 e. The van der Waals surface area contributed by atoms with E-state index in [1.54, 1.807) is 23.8 Å². The maximum absolute atomic E-state index is 12.7. The Morgan fingerprint density at radius 3 is 2.44 bits per heavy atom. The number of carbonyl (C=O) groups is 3. The fourth-order valence-corrected chi connectivity index (χ4v) is 3.95. The second-order valence-electron chi connectivity index (χ2n) is 6.70. The summed E-state index contributed by atoms with van der Waals surface area (Å²) in [5.74, 6) is -0.156. The fraction of sp³-hybridized carbons (Fsp3) is 0.526. The number of rotatable bonds is 6. The third-order valence-corrected chi connectivity index (χ3v) is 5.88. The molecule has 4 amide bonds. The molecule has 0 bridgehead atoms. The third-order valence-electron chi connectivity index (χ3n) is 5.13. The molecule has 2 saturated heterocycles. The van der Waals surface area contributed by atoms with Gasteiger partial charge in [0, 0.05) is 36.7 Å². The number of hydrogen-bond acceptors (Lipinski definition) is 5. The number of ether oxygens (including phenoxy) is 1. The van der Waals surface area contributed by atoms with Gasteiger partial charge in [-0.15, -0.1) is 11.8 Å². The molecule has 0 saturated carbocycles.